The molecule has 0 aromatic heterocycles. The molecule has 0 unspecified atom stereocenters. The summed E-state index contributed by atoms with van der Waals surface area (Å²) in [6.45, 7) is 9.72. The number of carbonyl (C=O) groups excluding carboxylic acids is 1. The highest BCUT2D eigenvalue weighted by Gasteiger charge is 2.41. The van der Waals surface area contributed by atoms with Crippen LogP contribution in [0.25, 0.3) is 0 Å². The highest BCUT2D eigenvalue weighted by Crippen LogP contribution is 2.32. The number of nitrogens with zero attached hydrogens (tertiary/aromatic N) is 3. The van der Waals surface area contributed by atoms with Gasteiger partial charge in [-0.15, -0.1) is 18.3 Å². The molecule has 1 aromatic rings. The maximum absolute atomic E-state index is 12.4. The summed E-state index contributed by atoms with van der Waals surface area (Å²) in [4.78, 5) is 20.8. The second-order valence-corrected chi connectivity index (χ2v) is 8.63. The van der Waals surface area contributed by atoms with Crippen molar-refractivity contribution < 1.29 is 4.79 Å². The van der Waals surface area contributed by atoms with Crippen LogP contribution in [0.15, 0.2) is 47.9 Å². The molecule has 0 radical (unpaired) electrons. The SMILES string of the molecule is C=CCN1CC[C@@]2(CCC1=O)CN(CCSc1ccccc1)CCN2C. The topological polar surface area (TPSA) is 26.8 Å². The molecule has 0 bridgehead atoms. The molecule has 26 heavy (non-hydrogen) atoms. The fourth-order valence-electron chi connectivity index (χ4n) is 4.12. The van der Waals surface area contributed by atoms with Crippen LogP contribution in [0, 0.1) is 0 Å². The largest absolute Gasteiger partial charge is 0.339 e. The summed E-state index contributed by atoms with van der Waals surface area (Å²) in [5.41, 5.74) is 0.140. The van der Waals surface area contributed by atoms with E-state index in [-0.39, 0.29) is 11.4 Å². The lowest BCUT2D eigenvalue weighted by Crippen LogP contribution is -2.61. The molecule has 1 atom stereocenters. The van der Waals surface area contributed by atoms with Gasteiger partial charge in [0.15, 0.2) is 0 Å². The molecule has 0 N–H and O–H groups in total. The Morgan fingerprint density at radius 3 is 2.77 bits per heavy atom. The first-order chi connectivity index (χ1) is 12.6. The second kappa shape index (κ2) is 9.07. The van der Waals surface area contributed by atoms with Crippen LogP contribution < -0.4 is 0 Å². The molecule has 2 fully saturated rings. The van der Waals surface area contributed by atoms with E-state index < -0.39 is 0 Å². The van der Waals surface area contributed by atoms with Gasteiger partial charge < -0.3 is 4.90 Å². The smallest absolute Gasteiger partial charge is 0.222 e. The third kappa shape index (κ3) is 4.70. The van der Waals surface area contributed by atoms with E-state index in [0.29, 0.717) is 13.0 Å². The van der Waals surface area contributed by atoms with Crippen LogP contribution in [0.4, 0.5) is 0 Å². The van der Waals surface area contributed by atoms with Crippen molar-refractivity contribution in [3.63, 3.8) is 0 Å². The van der Waals surface area contributed by atoms with E-state index in [1.165, 1.54) is 4.90 Å². The third-order valence-corrected chi connectivity index (χ3v) is 6.84. The van der Waals surface area contributed by atoms with Crippen molar-refractivity contribution in [1.29, 1.82) is 0 Å². The Kier molecular flexibility index (Phi) is 6.79. The van der Waals surface area contributed by atoms with E-state index >= 15 is 0 Å². The fourth-order valence-corrected chi connectivity index (χ4v) is 5.06. The molecule has 5 heteroatoms. The summed E-state index contributed by atoms with van der Waals surface area (Å²) >= 11 is 1.93. The summed E-state index contributed by atoms with van der Waals surface area (Å²) in [7, 11) is 2.24. The number of carbonyl (C=O) groups is 1. The molecular weight excluding hydrogens is 342 g/mol. The van der Waals surface area contributed by atoms with E-state index in [1.807, 2.05) is 22.7 Å². The minimum atomic E-state index is 0.140. The van der Waals surface area contributed by atoms with Gasteiger partial charge in [-0.05, 0) is 32.0 Å². The predicted molar refractivity (Wildman–Crippen MR) is 110 cm³/mol. The molecular formula is C21H31N3OS. The van der Waals surface area contributed by atoms with Crippen LogP contribution >= 0.6 is 11.8 Å². The Hall–Kier alpha value is -1.30. The monoisotopic (exact) mass is 373 g/mol. The molecule has 2 heterocycles. The molecule has 142 valence electrons. The molecule has 1 aromatic carbocycles. The third-order valence-electron chi connectivity index (χ3n) is 5.85. The normalized spacial score (nSPS) is 25.4. The number of benzene rings is 1. The van der Waals surface area contributed by atoms with E-state index in [1.54, 1.807) is 0 Å². The van der Waals surface area contributed by atoms with Crippen molar-refractivity contribution in [2.45, 2.75) is 29.7 Å². The summed E-state index contributed by atoms with van der Waals surface area (Å²) in [5, 5.41) is 0. The van der Waals surface area contributed by atoms with Crippen LogP contribution in [0.1, 0.15) is 19.3 Å². The number of thioether (sulfide) groups is 1. The van der Waals surface area contributed by atoms with Gasteiger partial charge >= 0.3 is 0 Å². The van der Waals surface area contributed by atoms with Crippen molar-refractivity contribution in [2.24, 2.45) is 0 Å². The Balaban J connectivity index is 1.57. The van der Waals surface area contributed by atoms with E-state index in [2.05, 4.69) is 53.8 Å². The molecule has 0 aliphatic carbocycles. The molecule has 2 saturated heterocycles. The van der Waals surface area contributed by atoms with Gasteiger partial charge in [-0.2, -0.15) is 0 Å². The van der Waals surface area contributed by atoms with Gasteiger partial charge in [0.05, 0.1) is 0 Å². The fraction of sp³-hybridized carbons (Fsp3) is 0.571. The van der Waals surface area contributed by atoms with Gasteiger partial charge in [0, 0.05) is 61.9 Å². The zero-order valence-electron chi connectivity index (χ0n) is 15.9. The standard InChI is InChI=1S/C21H31N3OS/c1-3-12-24-13-11-21(10-9-20(24)25)18-23(15-14-22(21)2)16-17-26-19-7-5-4-6-8-19/h3-8H,1,9-18H2,2H3/t21-/m0/s1. The summed E-state index contributed by atoms with van der Waals surface area (Å²) in [6, 6.07) is 10.6. The van der Waals surface area contributed by atoms with Gasteiger partial charge in [0.1, 0.15) is 0 Å². The molecule has 1 amide bonds. The summed E-state index contributed by atoms with van der Waals surface area (Å²) < 4.78 is 0. The number of rotatable bonds is 6. The first-order valence-electron chi connectivity index (χ1n) is 9.63. The number of piperazine rings is 1. The molecule has 2 aliphatic heterocycles. The van der Waals surface area contributed by atoms with Gasteiger partial charge in [0.2, 0.25) is 5.91 Å². The first-order valence-corrected chi connectivity index (χ1v) is 10.6. The molecule has 0 saturated carbocycles. The number of hydrogen-bond acceptors (Lipinski definition) is 4. The van der Waals surface area contributed by atoms with Crippen molar-refractivity contribution in [3.05, 3.63) is 43.0 Å². The molecule has 1 spiro atoms. The van der Waals surface area contributed by atoms with E-state index in [9.17, 15) is 4.79 Å². The zero-order chi connectivity index (χ0) is 18.4. The number of amides is 1. The summed E-state index contributed by atoms with van der Waals surface area (Å²) in [6.07, 6.45) is 4.53. The quantitative estimate of drug-likeness (QED) is 0.566. The highest BCUT2D eigenvalue weighted by atomic mass is 32.2. The average Bonchev–Trinajstić information content (AvgIpc) is 2.81. The lowest BCUT2D eigenvalue weighted by Gasteiger charge is -2.49. The lowest BCUT2D eigenvalue weighted by atomic mass is 9.86. The van der Waals surface area contributed by atoms with E-state index in [4.69, 9.17) is 0 Å². The van der Waals surface area contributed by atoms with Crippen LogP contribution in [0.3, 0.4) is 0 Å². The Labute approximate surface area is 162 Å². The minimum absolute atomic E-state index is 0.140. The Morgan fingerprint density at radius 1 is 1.19 bits per heavy atom. The van der Waals surface area contributed by atoms with Crippen LogP contribution in [0.5, 0.6) is 0 Å². The predicted octanol–water partition coefficient (Wildman–Crippen LogP) is 2.96. The van der Waals surface area contributed by atoms with Gasteiger partial charge in [0.25, 0.3) is 0 Å². The Bertz CT molecular complexity index is 609. The zero-order valence-corrected chi connectivity index (χ0v) is 16.7. The van der Waals surface area contributed by atoms with Crippen LogP contribution in [-0.4, -0.2) is 78.2 Å². The number of likely N-dealkylation sites (tertiary alicyclic amines) is 1. The maximum atomic E-state index is 12.4. The molecule has 4 nitrogen and oxygen atoms in total. The van der Waals surface area contributed by atoms with Gasteiger partial charge in [-0.25, -0.2) is 0 Å². The molecule has 2 aliphatic rings. The highest BCUT2D eigenvalue weighted by molar-refractivity contribution is 7.99. The number of hydrogen-bond donors (Lipinski definition) is 0. The van der Waals surface area contributed by atoms with Crippen molar-refractivity contribution in [2.75, 3.05) is 52.1 Å². The average molecular weight is 374 g/mol. The Morgan fingerprint density at radius 2 is 2.00 bits per heavy atom. The van der Waals surface area contributed by atoms with Crippen molar-refractivity contribution in [1.82, 2.24) is 14.7 Å². The van der Waals surface area contributed by atoms with Crippen molar-refractivity contribution >= 4 is 17.7 Å². The molecule has 3 rings (SSSR count). The first kappa shape index (κ1) is 19.5. The van der Waals surface area contributed by atoms with Gasteiger partial charge in [-0.1, -0.05) is 24.3 Å². The maximum Gasteiger partial charge on any atom is 0.222 e. The summed E-state index contributed by atoms with van der Waals surface area (Å²) in [5.74, 6) is 1.40. The van der Waals surface area contributed by atoms with Gasteiger partial charge in [-0.3, -0.25) is 14.6 Å². The number of likely N-dealkylation sites (N-methyl/N-ethyl adjacent to an activating group) is 1. The van der Waals surface area contributed by atoms with Crippen LogP contribution in [0.2, 0.25) is 0 Å². The van der Waals surface area contributed by atoms with E-state index in [0.717, 1.165) is 51.3 Å². The lowest BCUT2D eigenvalue weighted by molar-refractivity contribution is -0.130. The van der Waals surface area contributed by atoms with Crippen LogP contribution in [-0.2, 0) is 4.79 Å². The minimum Gasteiger partial charge on any atom is -0.339 e. The second-order valence-electron chi connectivity index (χ2n) is 7.46. The van der Waals surface area contributed by atoms with Crippen molar-refractivity contribution in [3.8, 4) is 0 Å².